The van der Waals surface area contributed by atoms with Crippen molar-refractivity contribution in [3.63, 3.8) is 0 Å². The number of hydrogen-bond donors (Lipinski definition) is 1. The Balaban J connectivity index is 1.83. The predicted octanol–water partition coefficient (Wildman–Crippen LogP) is 2.66. The van der Waals surface area contributed by atoms with Crippen LogP contribution in [0, 0.1) is 0 Å². The second-order valence-corrected chi connectivity index (χ2v) is 6.51. The SMILES string of the molecule is COc1cc2c(cc1OC)CN(C(=O)c1ccc(C(=O)O)s1)CC2. The van der Waals surface area contributed by atoms with Gasteiger partial charge in [0.2, 0.25) is 0 Å². The molecule has 3 rings (SSSR count). The zero-order chi connectivity index (χ0) is 17.3. The fraction of sp³-hybridized carbons (Fsp3) is 0.294. The average molecular weight is 347 g/mol. The number of carbonyl (C=O) groups is 2. The summed E-state index contributed by atoms with van der Waals surface area (Å²) in [5.74, 6) is 0.156. The van der Waals surface area contributed by atoms with Gasteiger partial charge in [0.25, 0.3) is 5.91 Å². The molecule has 0 atom stereocenters. The second-order valence-electron chi connectivity index (χ2n) is 5.42. The first kappa shape index (κ1) is 16.3. The van der Waals surface area contributed by atoms with Gasteiger partial charge in [-0.25, -0.2) is 4.79 Å². The smallest absolute Gasteiger partial charge is 0.345 e. The first-order valence-corrected chi connectivity index (χ1v) is 8.21. The van der Waals surface area contributed by atoms with E-state index < -0.39 is 5.97 Å². The Hall–Kier alpha value is -2.54. The third kappa shape index (κ3) is 2.94. The van der Waals surface area contributed by atoms with Crippen molar-refractivity contribution >= 4 is 23.2 Å². The van der Waals surface area contributed by atoms with Gasteiger partial charge in [-0.05, 0) is 41.8 Å². The number of thiophene rings is 1. The fourth-order valence-electron chi connectivity index (χ4n) is 2.78. The van der Waals surface area contributed by atoms with E-state index in [9.17, 15) is 9.59 Å². The maximum absolute atomic E-state index is 12.6. The quantitative estimate of drug-likeness (QED) is 0.920. The van der Waals surface area contributed by atoms with Gasteiger partial charge in [-0.15, -0.1) is 11.3 Å². The molecule has 0 bridgehead atoms. The zero-order valence-corrected chi connectivity index (χ0v) is 14.2. The van der Waals surface area contributed by atoms with E-state index in [1.807, 2.05) is 12.1 Å². The first-order chi connectivity index (χ1) is 11.5. The lowest BCUT2D eigenvalue weighted by Gasteiger charge is -2.29. The third-order valence-corrected chi connectivity index (χ3v) is 5.09. The standard InChI is InChI=1S/C17H17NO5S/c1-22-12-7-10-5-6-18(9-11(10)8-13(12)23-2)16(19)14-3-4-15(24-14)17(20)21/h3-4,7-8H,5-6,9H2,1-2H3,(H,20,21). The lowest BCUT2D eigenvalue weighted by atomic mass is 9.98. The van der Waals surface area contributed by atoms with Crippen molar-refractivity contribution < 1.29 is 24.2 Å². The molecule has 1 amide bonds. The van der Waals surface area contributed by atoms with Crippen molar-refractivity contribution in [3.8, 4) is 11.5 Å². The van der Waals surface area contributed by atoms with E-state index in [0.29, 0.717) is 29.5 Å². The molecule has 0 aliphatic carbocycles. The van der Waals surface area contributed by atoms with Crippen LogP contribution in [-0.2, 0) is 13.0 Å². The highest BCUT2D eigenvalue weighted by Gasteiger charge is 2.25. The summed E-state index contributed by atoms with van der Waals surface area (Å²) < 4.78 is 10.6. The zero-order valence-electron chi connectivity index (χ0n) is 13.4. The van der Waals surface area contributed by atoms with E-state index in [1.165, 1.54) is 6.07 Å². The number of ether oxygens (including phenoxy) is 2. The normalized spacial score (nSPS) is 13.3. The number of carboxylic acid groups (broad SMARTS) is 1. The molecular weight excluding hydrogens is 330 g/mol. The Bertz CT molecular complexity index is 798. The van der Waals surface area contributed by atoms with E-state index in [0.717, 1.165) is 28.9 Å². The van der Waals surface area contributed by atoms with Gasteiger partial charge in [-0.2, -0.15) is 0 Å². The molecule has 126 valence electrons. The molecule has 0 saturated carbocycles. The molecule has 1 aromatic carbocycles. The molecule has 2 heterocycles. The van der Waals surface area contributed by atoms with Gasteiger partial charge in [-0.1, -0.05) is 0 Å². The molecule has 6 nitrogen and oxygen atoms in total. The molecule has 1 N–H and O–H groups in total. The summed E-state index contributed by atoms with van der Waals surface area (Å²) in [5.41, 5.74) is 2.15. The number of carbonyl (C=O) groups excluding carboxylic acids is 1. The van der Waals surface area contributed by atoms with Crippen LogP contribution in [-0.4, -0.2) is 42.6 Å². The van der Waals surface area contributed by atoms with Crippen molar-refractivity contribution in [3.05, 3.63) is 45.1 Å². The van der Waals surface area contributed by atoms with E-state index in [2.05, 4.69) is 0 Å². The summed E-state index contributed by atoms with van der Waals surface area (Å²) in [5, 5.41) is 8.99. The van der Waals surface area contributed by atoms with Crippen LogP contribution < -0.4 is 9.47 Å². The predicted molar refractivity (Wildman–Crippen MR) is 89.3 cm³/mol. The minimum Gasteiger partial charge on any atom is -0.493 e. The highest BCUT2D eigenvalue weighted by molar-refractivity contribution is 7.15. The third-order valence-electron chi connectivity index (χ3n) is 4.03. The summed E-state index contributed by atoms with van der Waals surface area (Å²) in [6, 6.07) is 6.88. The highest BCUT2D eigenvalue weighted by atomic mass is 32.1. The molecule has 1 aliphatic heterocycles. The van der Waals surface area contributed by atoms with Crippen LogP contribution in [0.1, 0.15) is 30.5 Å². The molecule has 1 aromatic heterocycles. The van der Waals surface area contributed by atoms with Crippen molar-refractivity contribution in [1.82, 2.24) is 4.90 Å². The van der Waals surface area contributed by atoms with Crippen molar-refractivity contribution in [2.45, 2.75) is 13.0 Å². The van der Waals surface area contributed by atoms with Crippen LogP contribution in [0.5, 0.6) is 11.5 Å². The number of aromatic carboxylic acids is 1. The van der Waals surface area contributed by atoms with Gasteiger partial charge in [-0.3, -0.25) is 4.79 Å². The van der Waals surface area contributed by atoms with Crippen molar-refractivity contribution in [2.75, 3.05) is 20.8 Å². The van der Waals surface area contributed by atoms with Crippen LogP contribution >= 0.6 is 11.3 Å². The van der Waals surface area contributed by atoms with Crippen LogP contribution in [0.25, 0.3) is 0 Å². The molecule has 1 aliphatic rings. The summed E-state index contributed by atoms with van der Waals surface area (Å²) in [7, 11) is 3.18. The van der Waals surface area contributed by atoms with Gasteiger partial charge < -0.3 is 19.5 Å². The fourth-order valence-corrected chi connectivity index (χ4v) is 3.59. The summed E-state index contributed by atoms with van der Waals surface area (Å²) in [6.45, 7) is 1.05. The Kier molecular flexibility index (Phi) is 4.44. The lowest BCUT2D eigenvalue weighted by molar-refractivity contribution is 0.0701. The highest BCUT2D eigenvalue weighted by Crippen LogP contribution is 2.33. The maximum Gasteiger partial charge on any atom is 0.345 e. The van der Waals surface area contributed by atoms with Crippen LogP contribution in [0.4, 0.5) is 0 Å². The molecular formula is C17H17NO5S. The number of hydrogen-bond acceptors (Lipinski definition) is 5. The molecule has 0 fully saturated rings. The number of amides is 1. The summed E-state index contributed by atoms with van der Waals surface area (Å²) in [4.78, 5) is 25.9. The maximum atomic E-state index is 12.6. The Morgan fingerprint density at radius 2 is 1.71 bits per heavy atom. The Morgan fingerprint density at radius 3 is 2.29 bits per heavy atom. The summed E-state index contributed by atoms with van der Waals surface area (Å²) in [6.07, 6.45) is 0.721. The van der Waals surface area contributed by atoms with E-state index in [4.69, 9.17) is 14.6 Å². The van der Waals surface area contributed by atoms with Crippen LogP contribution in [0.3, 0.4) is 0 Å². The molecule has 7 heteroatoms. The van der Waals surface area contributed by atoms with E-state index in [1.54, 1.807) is 25.2 Å². The largest absolute Gasteiger partial charge is 0.493 e. The number of carboxylic acids is 1. The lowest BCUT2D eigenvalue weighted by Crippen LogP contribution is -2.35. The minimum atomic E-state index is -1.01. The first-order valence-electron chi connectivity index (χ1n) is 7.39. The number of rotatable bonds is 4. The number of fused-ring (bicyclic) bond motifs is 1. The van der Waals surface area contributed by atoms with Gasteiger partial charge in [0.15, 0.2) is 11.5 Å². The van der Waals surface area contributed by atoms with Crippen LogP contribution in [0.15, 0.2) is 24.3 Å². The number of benzene rings is 1. The van der Waals surface area contributed by atoms with Crippen molar-refractivity contribution in [1.29, 1.82) is 0 Å². The van der Waals surface area contributed by atoms with Gasteiger partial charge in [0, 0.05) is 13.1 Å². The molecule has 0 saturated heterocycles. The number of methoxy groups -OCH3 is 2. The Labute approximate surface area is 143 Å². The molecule has 24 heavy (non-hydrogen) atoms. The average Bonchev–Trinajstić information content (AvgIpc) is 3.09. The van der Waals surface area contributed by atoms with Crippen LogP contribution in [0.2, 0.25) is 0 Å². The topological polar surface area (TPSA) is 76.1 Å². The molecule has 0 radical (unpaired) electrons. The van der Waals surface area contributed by atoms with E-state index >= 15 is 0 Å². The monoisotopic (exact) mass is 347 g/mol. The minimum absolute atomic E-state index is 0.145. The van der Waals surface area contributed by atoms with Crippen molar-refractivity contribution in [2.24, 2.45) is 0 Å². The number of nitrogens with zero attached hydrogens (tertiary/aromatic N) is 1. The molecule has 0 spiro atoms. The molecule has 0 unspecified atom stereocenters. The molecule has 2 aromatic rings. The van der Waals surface area contributed by atoms with Gasteiger partial charge in [0.1, 0.15) is 4.88 Å². The van der Waals surface area contributed by atoms with E-state index in [-0.39, 0.29) is 10.8 Å². The Morgan fingerprint density at radius 1 is 1.08 bits per heavy atom. The second kappa shape index (κ2) is 6.52. The van der Waals surface area contributed by atoms with Gasteiger partial charge in [0.05, 0.1) is 19.1 Å². The van der Waals surface area contributed by atoms with Gasteiger partial charge >= 0.3 is 5.97 Å². The summed E-state index contributed by atoms with van der Waals surface area (Å²) >= 11 is 1.00.